The van der Waals surface area contributed by atoms with E-state index in [-0.39, 0.29) is 0 Å². The Morgan fingerprint density at radius 2 is 2.24 bits per heavy atom. The second-order valence-corrected chi connectivity index (χ2v) is 5.89. The third kappa shape index (κ3) is 3.26. The Hall–Kier alpha value is -0.480. The number of nitrogens with zero attached hydrogens (tertiary/aromatic N) is 1. The van der Waals surface area contributed by atoms with E-state index in [1.807, 2.05) is 13.8 Å². The molecule has 1 aliphatic carbocycles. The van der Waals surface area contributed by atoms with E-state index >= 15 is 0 Å². The van der Waals surface area contributed by atoms with Crippen LogP contribution < -0.4 is 5.32 Å². The standard InChI is InChI=1S/C13H22N2OS/c1-9-10(2)16-13(15-9)17-8-7-11-5-4-6-12(11)14-3/h11-12,14H,4-8H2,1-3H3. The monoisotopic (exact) mass is 254 g/mol. The molecule has 0 amide bonds. The summed E-state index contributed by atoms with van der Waals surface area (Å²) in [6, 6.07) is 0.726. The predicted octanol–water partition coefficient (Wildman–Crippen LogP) is 3.16. The van der Waals surface area contributed by atoms with Crippen molar-refractivity contribution in [3.8, 4) is 0 Å². The maximum Gasteiger partial charge on any atom is 0.256 e. The summed E-state index contributed by atoms with van der Waals surface area (Å²) in [4.78, 5) is 4.39. The Morgan fingerprint density at radius 3 is 2.88 bits per heavy atom. The molecule has 96 valence electrons. The fraction of sp³-hybridized carbons (Fsp3) is 0.769. The first-order chi connectivity index (χ1) is 8.20. The van der Waals surface area contributed by atoms with Crippen LogP contribution in [0.15, 0.2) is 9.64 Å². The summed E-state index contributed by atoms with van der Waals surface area (Å²) >= 11 is 1.75. The molecule has 1 fully saturated rings. The first-order valence-corrected chi connectivity index (χ1v) is 7.43. The molecule has 1 saturated carbocycles. The quantitative estimate of drug-likeness (QED) is 0.819. The summed E-state index contributed by atoms with van der Waals surface area (Å²) in [7, 11) is 2.08. The highest BCUT2D eigenvalue weighted by Gasteiger charge is 2.25. The highest BCUT2D eigenvalue weighted by atomic mass is 32.2. The highest BCUT2D eigenvalue weighted by Crippen LogP contribution is 2.30. The lowest BCUT2D eigenvalue weighted by molar-refractivity contribution is 0.413. The Balaban J connectivity index is 1.75. The van der Waals surface area contributed by atoms with E-state index in [0.717, 1.165) is 34.4 Å². The summed E-state index contributed by atoms with van der Waals surface area (Å²) < 4.78 is 5.57. The van der Waals surface area contributed by atoms with Crippen LogP contribution in [0.25, 0.3) is 0 Å². The SMILES string of the molecule is CNC1CCCC1CCSc1nc(C)c(C)o1. The van der Waals surface area contributed by atoms with Gasteiger partial charge in [0.2, 0.25) is 0 Å². The molecule has 3 nitrogen and oxygen atoms in total. The first kappa shape index (κ1) is 13.0. The Labute approximate surface area is 108 Å². The fourth-order valence-electron chi connectivity index (χ4n) is 2.57. The second-order valence-electron chi connectivity index (χ2n) is 4.84. The summed E-state index contributed by atoms with van der Waals surface area (Å²) in [5.74, 6) is 2.90. The molecule has 0 spiro atoms. The number of rotatable bonds is 5. The molecule has 0 radical (unpaired) electrons. The topological polar surface area (TPSA) is 38.1 Å². The lowest BCUT2D eigenvalue weighted by atomic mass is 10.0. The predicted molar refractivity (Wildman–Crippen MR) is 71.5 cm³/mol. The van der Waals surface area contributed by atoms with Gasteiger partial charge in [-0.2, -0.15) is 0 Å². The van der Waals surface area contributed by atoms with Crippen LogP contribution in [-0.2, 0) is 0 Å². The van der Waals surface area contributed by atoms with Gasteiger partial charge in [0.15, 0.2) is 0 Å². The van der Waals surface area contributed by atoms with Crippen molar-refractivity contribution in [2.24, 2.45) is 5.92 Å². The number of thioether (sulfide) groups is 1. The van der Waals surface area contributed by atoms with Gasteiger partial charge >= 0.3 is 0 Å². The normalized spacial score (nSPS) is 24.4. The van der Waals surface area contributed by atoms with Gasteiger partial charge in [-0.25, -0.2) is 4.98 Å². The molecular weight excluding hydrogens is 232 g/mol. The van der Waals surface area contributed by atoms with Crippen LogP contribution in [0.1, 0.15) is 37.1 Å². The minimum absolute atomic E-state index is 0.726. The zero-order chi connectivity index (χ0) is 12.3. The Morgan fingerprint density at radius 1 is 1.41 bits per heavy atom. The number of hydrogen-bond acceptors (Lipinski definition) is 4. The van der Waals surface area contributed by atoms with Crippen LogP contribution in [0.5, 0.6) is 0 Å². The molecule has 1 aromatic rings. The molecule has 2 rings (SSSR count). The van der Waals surface area contributed by atoms with Crippen molar-refractivity contribution < 1.29 is 4.42 Å². The molecule has 17 heavy (non-hydrogen) atoms. The first-order valence-electron chi connectivity index (χ1n) is 6.45. The number of aryl methyl sites for hydroxylation is 2. The zero-order valence-corrected chi connectivity index (χ0v) is 11.8. The zero-order valence-electron chi connectivity index (χ0n) is 11.0. The maximum atomic E-state index is 5.57. The smallest absolute Gasteiger partial charge is 0.256 e. The molecule has 1 heterocycles. The molecule has 0 aromatic carbocycles. The maximum absolute atomic E-state index is 5.57. The molecule has 2 atom stereocenters. The largest absolute Gasteiger partial charge is 0.437 e. The third-order valence-corrected chi connectivity index (χ3v) is 4.61. The van der Waals surface area contributed by atoms with Crippen LogP contribution >= 0.6 is 11.8 Å². The van der Waals surface area contributed by atoms with Gasteiger partial charge in [0, 0.05) is 11.8 Å². The molecule has 4 heteroatoms. The molecule has 2 unspecified atom stereocenters. The molecular formula is C13H22N2OS. The molecule has 1 aliphatic rings. The van der Waals surface area contributed by atoms with Crippen molar-refractivity contribution in [2.75, 3.05) is 12.8 Å². The van der Waals surface area contributed by atoms with Crippen molar-refractivity contribution in [1.29, 1.82) is 0 Å². The molecule has 0 saturated heterocycles. The minimum Gasteiger partial charge on any atom is -0.437 e. The summed E-state index contributed by atoms with van der Waals surface area (Å²) in [6.07, 6.45) is 5.34. The average molecular weight is 254 g/mol. The lowest BCUT2D eigenvalue weighted by Crippen LogP contribution is -2.29. The van der Waals surface area contributed by atoms with Gasteiger partial charge in [0.05, 0.1) is 5.69 Å². The van der Waals surface area contributed by atoms with Crippen molar-refractivity contribution in [3.05, 3.63) is 11.5 Å². The lowest BCUT2D eigenvalue weighted by Gasteiger charge is -2.17. The van der Waals surface area contributed by atoms with Gasteiger partial charge in [0.1, 0.15) is 5.76 Å². The van der Waals surface area contributed by atoms with Gasteiger partial charge in [-0.1, -0.05) is 18.2 Å². The summed E-state index contributed by atoms with van der Waals surface area (Å²) in [5.41, 5.74) is 1.02. The third-order valence-electron chi connectivity index (χ3n) is 3.75. The van der Waals surface area contributed by atoms with Gasteiger partial charge in [0.25, 0.3) is 5.22 Å². The van der Waals surface area contributed by atoms with Gasteiger partial charge in [-0.3, -0.25) is 0 Å². The summed E-state index contributed by atoms with van der Waals surface area (Å²) in [5, 5.41) is 4.26. The van der Waals surface area contributed by atoms with E-state index in [2.05, 4.69) is 17.3 Å². The molecule has 1 N–H and O–H groups in total. The number of oxazole rings is 1. The van der Waals surface area contributed by atoms with Crippen LogP contribution in [0.4, 0.5) is 0 Å². The van der Waals surface area contributed by atoms with Crippen LogP contribution in [0, 0.1) is 19.8 Å². The Bertz CT molecular complexity index is 345. The average Bonchev–Trinajstić information content (AvgIpc) is 2.87. The van der Waals surface area contributed by atoms with E-state index in [1.165, 1.54) is 25.7 Å². The number of nitrogens with one attached hydrogen (secondary N) is 1. The van der Waals surface area contributed by atoms with Gasteiger partial charge in [-0.05, 0) is 46.1 Å². The highest BCUT2D eigenvalue weighted by molar-refractivity contribution is 7.99. The Kier molecular flexibility index (Phi) is 4.51. The van der Waals surface area contributed by atoms with E-state index in [1.54, 1.807) is 11.8 Å². The van der Waals surface area contributed by atoms with Crippen molar-refractivity contribution in [3.63, 3.8) is 0 Å². The number of aromatic nitrogens is 1. The van der Waals surface area contributed by atoms with Gasteiger partial charge < -0.3 is 9.73 Å². The van der Waals surface area contributed by atoms with Crippen LogP contribution in [-0.4, -0.2) is 23.8 Å². The summed E-state index contributed by atoms with van der Waals surface area (Å²) in [6.45, 7) is 3.97. The molecule has 0 aliphatic heterocycles. The van der Waals surface area contributed by atoms with E-state index in [9.17, 15) is 0 Å². The minimum atomic E-state index is 0.726. The second kappa shape index (κ2) is 5.91. The van der Waals surface area contributed by atoms with Gasteiger partial charge in [-0.15, -0.1) is 0 Å². The van der Waals surface area contributed by atoms with Crippen molar-refractivity contribution in [1.82, 2.24) is 10.3 Å². The van der Waals surface area contributed by atoms with E-state index in [4.69, 9.17) is 4.42 Å². The fourth-order valence-corrected chi connectivity index (χ4v) is 3.55. The van der Waals surface area contributed by atoms with E-state index < -0.39 is 0 Å². The van der Waals surface area contributed by atoms with Crippen LogP contribution in [0.3, 0.4) is 0 Å². The molecule has 1 aromatic heterocycles. The van der Waals surface area contributed by atoms with Crippen molar-refractivity contribution in [2.45, 2.75) is 50.8 Å². The van der Waals surface area contributed by atoms with E-state index in [0.29, 0.717) is 0 Å². The molecule has 0 bridgehead atoms. The van der Waals surface area contributed by atoms with Crippen LogP contribution in [0.2, 0.25) is 0 Å². The van der Waals surface area contributed by atoms with Crippen molar-refractivity contribution >= 4 is 11.8 Å². The number of hydrogen-bond donors (Lipinski definition) is 1.